The average molecular weight is 216 g/mol. The molecule has 1 aromatic heterocycles. The van der Waals surface area contributed by atoms with Crippen molar-refractivity contribution < 1.29 is 9.52 Å². The summed E-state index contributed by atoms with van der Waals surface area (Å²) in [7, 11) is 0. The molecule has 0 saturated heterocycles. The molecule has 2 heteroatoms. The molecule has 2 aromatic rings. The monoisotopic (exact) mass is 216 g/mol. The number of aromatic hydroxyl groups is 1. The maximum Gasteiger partial charge on any atom is 0.161 e. The molecule has 1 heterocycles. The molecule has 0 amide bonds. The number of fused-ring (bicyclic) bond motifs is 1. The van der Waals surface area contributed by atoms with Crippen molar-refractivity contribution in [2.45, 2.75) is 38.0 Å². The van der Waals surface area contributed by atoms with Gasteiger partial charge in [-0.25, -0.2) is 0 Å². The second-order valence-corrected chi connectivity index (χ2v) is 4.71. The SMILES string of the molecule is Oc1coc2ccc(C3CCCCC3)cc12. The number of hydrogen-bond donors (Lipinski definition) is 1. The van der Waals surface area contributed by atoms with Crippen LogP contribution < -0.4 is 0 Å². The third-order valence-corrected chi connectivity index (χ3v) is 3.65. The molecule has 0 aliphatic heterocycles. The summed E-state index contributed by atoms with van der Waals surface area (Å²) in [5.74, 6) is 0.931. The van der Waals surface area contributed by atoms with Crippen molar-refractivity contribution in [1.29, 1.82) is 0 Å². The summed E-state index contributed by atoms with van der Waals surface area (Å²) in [6.45, 7) is 0. The highest BCUT2D eigenvalue weighted by Gasteiger charge is 2.16. The first-order chi connectivity index (χ1) is 7.84. The van der Waals surface area contributed by atoms with Crippen molar-refractivity contribution >= 4 is 11.0 Å². The molecule has 0 unspecified atom stereocenters. The van der Waals surface area contributed by atoms with Crippen LogP contribution in [0.5, 0.6) is 5.75 Å². The van der Waals surface area contributed by atoms with E-state index in [4.69, 9.17) is 4.42 Å². The highest BCUT2D eigenvalue weighted by Crippen LogP contribution is 2.36. The molecule has 1 saturated carbocycles. The van der Waals surface area contributed by atoms with Gasteiger partial charge in [0.15, 0.2) is 5.75 Å². The fourth-order valence-electron chi connectivity index (χ4n) is 2.72. The van der Waals surface area contributed by atoms with Crippen molar-refractivity contribution in [3.63, 3.8) is 0 Å². The normalized spacial score (nSPS) is 18.0. The van der Waals surface area contributed by atoms with Gasteiger partial charge in [0.2, 0.25) is 0 Å². The van der Waals surface area contributed by atoms with Crippen molar-refractivity contribution in [2.24, 2.45) is 0 Å². The fourth-order valence-corrected chi connectivity index (χ4v) is 2.72. The van der Waals surface area contributed by atoms with E-state index in [0.29, 0.717) is 5.92 Å². The van der Waals surface area contributed by atoms with E-state index in [9.17, 15) is 5.11 Å². The second kappa shape index (κ2) is 3.85. The zero-order valence-electron chi connectivity index (χ0n) is 9.28. The predicted octanol–water partition coefficient (Wildman–Crippen LogP) is 4.19. The summed E-state index contributed by atoms with van der Waals surface area (Å²) >= 11 is 0. The molecule has 1 aromatic carbocycles. The Morgan fingerprint density at radius 3 is 2.75 bits per heavy atom. The zero-order valence-corrected chi connectivity index (χ0v) is 9.28. The third-order valence-electron chi connectivity index (χ3n) is 3.65. The maximum absolute atomic E-state index is 9.64. The first-order valence-corrected chi connectivity index (χ1v) is 6.05. The molecule has 2 nitrogen and oxygen atoms in total. The number of rotatable bonds is 1. The van der Waals surface area contributed by atoms with Crippen LogP contribution >= 0.6 is 0 Å². The summed E-state index contributed by atoms with van der Waals surface area (Å²) in [6, 6.07) is 6.20. The summed E-state index contributed by atoms with van der Waals surface area (Å²) in [5.41, 5.74) is 2.13. The minimum absolute atomic E-state index is 0.257. The van der Waals surface area contributed by atoms with Gasteiger partial charge < -0.3 is 9.52 Å². The van der Waals surface area contributed by atoms with Gasteiger partial charge in [-0.1, -0.05) is 25.3 Å². The van der Waals surface area contributed by atoms with Gasteiger partial charge in [0.1, 0.15) is 11.8 Å². The van der Waals surface area contributed by atoms with E-state index in [0.717, 1.165) is 11.0 Å². The van der Waals surface area contributed by atoms with Crippen LogP contribution in [-0.2, 0) is 0 Å². The lowest BCUT2D eigenvalue weighted by molar-refractivity contribution is 0.443. The van der Waals surface area contributed by atoms with E-state index >= 15 is 0 Å². The van der Waals surface area contributed by atoms with Gasteiger partial charge in [-0.2, -0.15) is 0 Å². The smallest absolute Gasteiger partial charge is 0.161 e. The molecule has 3 rings (SSSR count). The molecule has 0 radical (unpaired) electrons. The number of benzene rings is 1. The van der Waals surface area contributed by atoms with Gasteiger partial charge >= 0.3 is 0 Å². The first-order valence-electron chi connectivity index (χ1n) is 6.05. The van der Waals surface area contributed by atoms with Crippen LogP contribution in [0, 0.1) is 0 Å². The average Bonchev–Trinajstić information content (AvgIpc) is 2.72. The zero-order chi connectivity index (χ0) is 11.0. The molecule has 1 aliphatic rings. The van der Waals surface area contributed by atoms with E-state index in [1.54, 1.807) is 0 Å². The third kappa shape index (κ3) is 1.58. The standard InChI is InChI=1S/C14H16O2/c15-13-9-16-14-7-6-11(8-12(13)14)10-4-2-1-3-5-10/h6-10,15H,1-5H2. The minimum atomic E-state index is 0.257. The second-order valence-electron chi connectivity index (χ2n) is 4.71. The summed E-state index contributed by atoms with van der Waals surface area (Å²) in [5, 5.41) is 10.5. The lowest BCUT2D eigenvalue weighted by Gasteiger charge is -2.21. The van der Waals surface area contributed by atoms with Crippen molar-refractivity contribution in [3.05, 3.63) is 30.0 Å². The van der Waals surface area contributed by atoms with E-state index < -0.39 is 0 Å². The molecule has 84 valence electrons. The van der Waals surface area contributed by atoms with Gasteiger partial charge in [-0.15, -0.1) is 0 Å². The van der Waals surface area contributed by atoms with Gasteiger partial charge in [0.05, 0.1) is 5.39 Å². The summed E-state index contributed by atoms with van der Waals surface area (Å²) in [4.78, 5) is 0. The molecule has 1 aliphatic carbocycles. The number of hydrogen-bond acceptors (Lipinski definition) is 2. The molecule has 16 heavy (non-hydrogen) atoms. The van der Waals surface area contributed by atoms with Crippen LogP contribution in [0.2, 0.25) is 0 Å². The van der Waals surface area contributed by atoms with Crippen LogP contribution in [-0.4, -0.2) is 5.11 Å². The number of furan rings is 1. The van der Waals surface area contributed by atoms with Gasteiger partial charge in [0.25, 0.3) is 0 Å². The Kier molecular flexibility index (Phi) is 2.35. The van der Waals surface area contributed by atoms with Gasteiger partial charge in [-0.05, 0) is 36.5 Å². The van der Waals surface area contributed by atoms with E-state index in [2.05, 4.69) is 12.1 Å². The maximum atomic E-state index is 9.64. The van der Waals surface area contributed by atoms with Gasteiger partial charge in [0, 0.05) is 0 Å². The Labute approximate surface area is 94.9 Å². The molecule has 0 bridgehead atoms. The van der Waals surface area contributed by atoms with E-state index in [-0.39, 0.29) is 5.75 Å². The highest BCUT2D eigenvalue weighted by molar-refractivity contribution is 5.84. The Balaban J connectivity index is 1.99. The largest absolute Gasteiger partial charge is 0.504 e. The molecule has 1 fully saturated rings. The molecular formula is C14H16O2. The van der Waals surface area contributed by atoms with Gasteiger partial charge in [-0.3, -0.25) is 0 Å². The summed E-state index contributed by atoms with van der Waals surface area (Å²) in [6.07, 6.45) is 8.01. The molecular weight excluding hydrogens is 200 g/mol. The topological polar surface area (TPSA) is 33.4 Å². The Morgan fingerprint density at radius 1 is 1.12 bits per heavy atom. The van der Waals surface area contributed by atoms with E-state index in [1.165, 1.54) is 43.9 Å². The van der Waals surface area contributed by atoms with Crippen LogP contribution in [0.1, 0.15) is 43.6 Å². The van der Waals surface area contributed by atoms with Crippen molar-refractivity contribution in [3.8, 4) is 5.75 Å². The van der Waals surface area contributed by atoms with Crippen LogP contribution in [0.15, 0.2) is 28.9 Å². The Morgan fingerprint density at radius 2 is 1.94 bits per heavy atom. The fraction of sp³-hybridized carbons (Fsp3) is 0.429. The predicted molar refractivity (Wildman–Crippen MR) is 63.7 cm³/mol. The van der Waals surface area contributed by atoms with Crippen LogP contribution in [0.4, 0.5) is 0 Å². The quantitative estimate of drug-likeness (QED) is 0.775. The lowest BCUT2D eigenvalue weighted by Crippen LogP contribution is -2.03. The minimum Gasteiger partial charge on any atom is -0.504 e. The van der Waals surface area contributed by atoms with Crippen molar-refractivity contribution in [2.75, 3.05) is 0 Å². The van der Waals surface area contributed by atoms with Crippen molar-refractivity contribution in [1.82, 2.24) is 0 Å². The molecule has 0 atom stereocenters. The summed E-state index contributed by atoms with van der Waals surface area (Å²) < 4.78 is 5.24. The first kappa shape index (κ1) is 9.76. The molecule has 1 N–H and O–H groups in total. The molecule has 0 spiro atoms. The Hall–Kier alpha value is -1.44. The van der Waals surface area contributed by atoms with Crippen LogP contribution in [0.3, 0.4) is 0 Å². The Bertz CT molecular complexity index is 492. The lowest BCUT2D eigenvalue weighted by atomic mass is 9.84. The van der Waals surface area contributed by atoms with Crippen LogP contribution in [0.25, 0.3) is 11.0 Å². The highest BCUT2D eigenvalue weighted by atomic mass is 16.4. The van der Waals surface area contributed by atoms with E-state index in [1.807, 2.05) is 6.07 Å².